The summed E-state index contributed by atoms with van der Waals surface area (Å²) in [6.45, 7) is 0.0388. The molecule has 0 atom stereocenters. The van der Waals surface area contributed by atoms with Crippen LogP contribution in [0.5, 0.6) is 0 Å². The molecule has 21 heavy (non-hydrogen) atoms. The molecule has 0 spiro atoms. The van der Waals surface area contributed by atoms with Crippen LogP contribution < -0.4 is 22.3 Å². The van der Waals surface area contributed by atoms with Gasteiger partial charge < -0.3 is 17.7 Å². The minimum absolute atomic E-state index is 0. The van der Waals surface area contributed by atoms with E-state index in [9.17, 15) is 18.0 Å². The van der Waals surface area contributed by atoms with Gasteiger partial charge in [-0.05, 0) is 18.2 Å². The Morgan fingerprint density at radius 3 is 2.67 bits per heavy atom. The van der Waals surface area contributed by atoms with Crippen LogP contribution in [0.1, 0.15) is 5.56 Å². The van der Waals surface area contributed by atoms with Crippen LogP contribution >= 0.6 is 0 Å². The largest absolute Gasteiger partial charge is 1.00 e. The third kappa shape index (κ3) is 4.78. The summed E-state index contributed by atoms with van der Waals surface area (Å²) in [6.07, 6.45) is 0.740. The second kappa shape index (κ2) is 6.62. The maximum absolute atomic E-state index is 12.5. The van der Waals surface area contributed by atoms with Crippen molar-refractivity contribution in [2.75, 3.05) is 5.32 Å². The van der Waals surface area contributed by atoms with E-state index in [2.05, 4.69) is 5.32 Å². The second-order valence-corrected chi connectivity index (χ2v) is 4.38. The Balaban J connectivity index is 0.00000220. The average Bonchev–Trinajstić information content (AvgIpc) is 2.73. The van der Waals surface area contributed by atoms with Gasteiger partial charge in [0.2, 0.25) is 6.33 Å². The summed E-state index contributed by atoms with van der Waals surface area (Å²) < 4.78 is 41.0. The molecule has 0 bridgehead atoms. The Labute approximate surface area is 125 Å². The fourth-order valence-corrected chi connectivity index (χ4v) is 1.73. The first kappa shape index (κ1) is 17.0. The van der Waals surface area contributed by atoms with E-state index in [0.717, 1.165) is 12.1 Å². The minimum Gasteiger partial charge on any atom is -1.00 e. The third-order valence-corrected chi connectivity index (χ3v) is 2.62. The van der Waals surface area contributed by atoms with Crippen molar-refractivity contribution in [3.63, 3.8) is 0 Å². The standard InChI is InChI=1S/C13H12F3N3O.ClH/c1-18-5-6-19(9-18)8-12(20)17-11-4-2-3-10(7-11)13(14,15)16;/h2-7,9H,8H2,1H3;1H. The maximum atomic E-state index is 12.5. The molecule has 114 valence electrons. The van der Waals surface area contributed by atoms with Gasteiger partial charge in [0.25, 0.3) is 5.91 Å². The molecule has 1 N–H and O–H groups in total. The number of rotatable bonds is 3. The van der Waals surface area contributed by atoms with Crippen molar-refractivity contribution in [1.82, 2.24) is 4.57 Å². The number of amides is 1. The molecule has 2 aromatic rings. The van der Waals surface area contributed by atoms with E-state index in [4.69, 9.17) is 0 Å². The molecule has 2 rings (SSSR count). The van der Waals surface area contributed by atoms with Crippen molar-refractivity contribution in [3.05, 3.63) is 48.5 Å². The first-order valence-corrected chi connectivity index (χ1v) is 5.83. The van der Waals surface area contributed by atoms with E-state index >= 15 is 0 Å². The number of alkyl halides is 3. The van der Waals surface area contributed by atoms with Gasteiger partial charge in [-0.15, -0.1) is 0 Å². The molecule has 0 aliphatic rings. The summed E-state index contributed by atoms with van der Waals surface area (Å²) in [4.78, 5) is 11.7. The Hall–Kier alpha value is -2.02. The highest BCUT2D eigenvalue weighted by atomic mass is 35.5. The number of hydrogen-bond donors (Lipinski definition) is 1. The van der Waals surface area contributed by atoms with Crippen molar-refractivity contribution in [2.45, 2.75) is 12.7 Å². The first-order chi connectivity index (χ1) is 9.34. The summed E-state index contributed by atoms with van der Waals surface area (Å²) >= 11 is 0. The van der Waals surface area contributed by atoms with Crippen LogP contribution in [0.3, 0.4) is 0 Å². The molecular weight excluding hydrogens is 307 g/mol. The van der Waals surface area contributed by atoms with Gasteiger partial charge in [-0.1, -0.05) is 6.07 Å². The van der Waals surface area contributed by atoms with E-state index in [1.807, 2.05) is 0 Å². The number of benzene rings is 1. The number of imidazole rings is 1. The second-order valence-electron chi connectivity index (χ2n) is 4.38. The molecule has 1 heterocycles. The van der Waals surface area contributed by atoms with Gasteiger partial charge in [-0.25, -0.2) is 9.13 Å². The van der Waals surface area contributed by atoms with Gasteiger partial charge in [-0.3, -0.25) is 4.79 Å². The number of anilines is 1. The topological polar surface area (TPSA) is 37.9 Å². The molecule has 0 aliphatic carbocycles. The lowest BCUT2D eigenvalue weighted by atomic mass is 10.2. The van der Waals surface area contributed by atoms with Crippen LogP contribution in [0.15, 0.2) is 43.0 Å². The smallest absolute Gasteiger partial charge is 0.416 e. The zero-order valence-electron chi connectivity index (χ0n) is 11.1. The molecule has 0 saturated carbocycles. The zero-order valence-corrected chi connectivity index (χ0v) is 11.8. The number of carbonyl (C=O) groups is 1. The Morgan fingerprint density at radius 2 is 2.10 bits per heavy atom. The van der Waals surface area contributed by atoms with Gasteiger partial charge >= 0.3 is 6.18 Å². The highest BCUT2D eigenvalue weighted by molar-refractivity contribution is 5.90. The van der Waals surface area contributed by atoms with E-state index in [1.54, 1.807) is 34.9 Å². The van der Waals surface area contributed by atoms with Gasteiger partial charge in [0.15, 0.2) is 6.54 Å². The highest BCUT2D eigenvalue weighted by Crippen LogP contribution is 2.30. The van der Waals surface area contributed by atoms with Crippen LogP contribution in [-0.4, -0.2) is 10.5 Å². The van der Waals surface area contributed by atoms with Crippen LogP contribution in [-0.2, 0) is 24.6 Å². The molecule has 0 aliphatic heterocycles. The molecular formula is C13H13ClF3N3O. The number of nitrogens with one attached hydrogen (secondary N) is 1. The molecule has 1 aromatic heterocycles. The molecule has 0 unspecified atom stereocenters. The van der Waals surface area contributed by atoms with E-state index in [0.29, 0.717) is 0 Å². The Kier molecular flexibility index (Phi) is 5.37. The van der Waals surface area contributed by atoms with Gasteiger partial charge in [0.1, 0.15) is 12.4 Å². The van der Waals surface area contributed by atoms with Crippen LogP contribution in [0.25, 0.3) is 0 Å². The van der Waals surface area contributed by atoms with E-state index < -0.39 is 11.7 Å². The van der Waals surface area contributed by atoms with E-state index in [-0.39, 0.29) is 30.5 Å². The monoisotopic (exact) mass is 319 g/mol. The van der Waals surface area contributed by atoms with Crippen molar-refractivity contribution in [3.8, 4) is 0 Å². The maximum Gasteiger partial charge on any atom is 0.416 e. The fourth-order valence-electron chi connectivity index (χ4n) is 1.73. The van der Waals surface area contributed by atoms with Gasteiger partial charge in [-0.2, -0.15) is 13.2 Å². The van der Waals surface area contributed by atoms with Gasteiger partial charge in [0.05, 0.1) is 12.6 Å². The highest BCUT2D eigenvalue weighted by Gasteiger charge is 2.30. The minimum atomic E-state index is -4.42. The summed E-state index contributed by atoms with van der Waals surface area (Å²) in [5.41, 5.74) is -0.663. The number of carbonyl (C=O) groups excluding carboxylic acids is 1. The summed E-state index contributed by atoms with van der Waals surface area (Å²) in [7, 11) is 1.81. The lowest BCUT2D eigenvalue weighted by Crippen LogP contribution is -3.00. The predicted octanol–water partition coefficient (Wildman–Crippen LogP) is -1.03. The van der Waals surface area contributed by atoms with Crippen molar-refractivity contribution < 1.29 is 34.9 Å². The molecule has 0 fully saturated rings. The number of hydrogen-bond acceptors (Lipinski definition) is 1. The lowest BCUT2D eigenvalue weighted by molar-refractivity contribution is -0.671. The van der Waals surface area contributed by atoms with Crippen molar-refractivity contribution in [2.24, 2.45) is 7.05 Å². The molecule has 0 saturated heterocycles. The van der Waals surface area contributed by atoms with Crippen LogP contribution in [0, 0.1) is 0 Å². The van der Waals surface area contributed by atoms with Crippen LogP contribution in [0.2, 0.25) is 0 Å². The summed E-state index contributed by atoms with van der Waals surface area (Å²) in [6, 6.07) is 4.55. The molecule has 4 nitrogen and oxygen atoms in total. The van der Waals surface area contributed by atoms with Crippen LogP contribution in [0.4, 0.5) is 18.9 Å². The quantitative estimate of drug-likeness (QED) is 0.722. The summed E-state index contributed by atoms with van der Waals surface area (Å²) in [5.74, 6) is -0.388. The lowest BCUT2D eigenvalue weighted by Gasteiger charge is -2.09. The van der Waals surface area contributed by atoms with Gasteiger partial charge in [0, 0.05) is 5.69 Å². The number of aromatic nitrogens is 2. The average molecular weight is 320 g/mol. The molecule has 8 heteroatoms. The summed E-state index contributed by atoms with van der Waals surface area (Å²) in [5, 5.41) is 2.44. The van der Waals surface area contributed by atoms with E-state index in [1.165, 1.54) is 12.1 Å². The number of halogens is 4. The number of aryl methyl sites for hydroxylation is 1. The van der Waals surface area contributed by atoms with Crippen molar-refractivity contribution >= 4 is 11.6 Å². The Bertz CT molecular complexity index is 625. The molecule has 1 amide bonds. The normalized spacial score (nSPS) is 10.9. The Morgan fingerprint density at radius 1 is 1.38 bits per heavy atom. The van der Waals surface area contributed by atoms with Crippen molar-refractivity contribution in [1.29, 1.82) is 0 Å². The molecule has 1 aromatic carbocycles. The predicted molar refractivity (Wildman–Crippen MR) is 65.7 cm³/mol. The molecule has 0 radical (unpaired) electrons. The fraction of sp³-hybridized carbons (Fsp3) is 0.231. The SMILES string of the molecule is C[n+]1ccn(CC(=O)Nc2cccc(C(F)(F)F)c2)c1.[Cl-]. The first-order valence-electron chi connectivity index (χ1n) is 5.83. The third-order valence-electron chi connectivity index (χ3n) is 2.62. The number of nitrogens with zero attached hydrogens (tertiary/aromatic N) is 2. The zero-order chi connectivity index (χ0) is 14.8.